The number of anilines is 1. The monoisotopic (exact) mass is 282 g/mol. The Morgan fingerprint density at radius 3 is 2.71 bits per heavy atom. The van der Waals surface area contributed by atoms with Gasteiger partial charge < -0.3 is 9.64 Å². The number of carbonyl (C=O) groups is 1. The van der Waals surface area contributed by atoms with Crippen LogP contribution >= 0.6 is 0 Å². The van der Waals surface area contributed by atoms with Gasteiger partial charge in [0.2, 0.25) is 0 Å². The van der Waals surface area contributed by atoms with Gasteiger partial charge in [-0.3, -0.25) is 4.79 Å². The highest BCUT2D eigenvalue weighted by Crippen LogP contribution is 2.41. The van der Waals surface area contributed by atoms with Crippen molar-refractivity contribution >= 4 is 23.0 Å². The maximum atomic E-state index is 10.8. The molecule has 2 saturated heterocycles. The van der Waals surface area contributed by atoms with Gasteiger partial charge in [0.15, 0.2) is 0 Å². The number of rotatable bonds is 2. The number of nitrogens with zero attached hydrogens (tertiary/aromatic N) is 2. The molecule has 0 N–H and O–H groups in total. The van der Waals surface area contributed by atoms with Crippen molar-refractivity contribution in [2.45, 2.75) is 12.8 Å². The zero-order chi connectivity index (χ0) is 14.3. The zero-order valence-corrected chi connectivity index (χ0v) is 11.9. The SMILES string of the molecule is O=Cc1ccc2nc(N3CC4(CCOCC4)C3)ccc2c1. The molecule has 0 bridgehead atoms. The highest BCUT2D eigenvalue weighted by atomic mass is 16.5. The molecule has 1 aromatic carbocycles. The molecule has 0 radical (unpaired) electrons. The number of aldehydes is 1. The fourth-order valence-electron chi connectivity index (χ4n) is 3.43. The summed E-state index contributed by atoms with van der Waals surface area (Å²) < 4.78 is 5.46. The molecule has 2 fully saturated rings. The third-order valence-electron chi connectivity index (χ3n) is 4.76. The van der Waals surface area contributed by atoms with Gasteiger partial charge in [-0.2, -0.15) is 0 Å². The predicted molar refractivity (Wildman–Crippen MR) is 81.8 cm³/mol. The third-order valence-corrected chi connectivity index (χ3v) is 4.76. The number of hydrogen-bond acceptors (Lipinski definition) is 4. The van der Waals surface area contributed by atoms with Gasteiger partial charge in [0.05, 0.1) is 5.52 Å². The van der Waals surface area contributed by atoms with E-state index in [9.17, 15) is 4.79 Å². The predicted octanol–water partition coefficient (Wildman–Crippen LogP) is 2.66. The summed E-state index contributed by atoms with van der Waals surface area (Å²) in [5.41, 5.74) is 2.10. The highest BCUT2D eigenvalue weighted by molar-refractivity contribution is 5.87. The molecule has 2 aromatic rings. The lowest BCUT2D eigenvalue weighted by atomic mass is 9.73. The minimum Gasteiger partial charge on any atom is -0.381 e. The molecular weight excluding hydrogens is 264 g/mol. The zero-order valence-electron chi connectivity index (χ0n) is 11.9. The van der Waals surface area contributed by atoms with Crippen LogP contribution in [0.1, 0.15) is 23.2 Å². The van der Waals surface area contributed by atoms with Crippen molar-refractivity contribution in [2.75, 3.05) is 31.2 Å². The first-order valence-electron chi connectivity index (χ1n) is 7.47. The summed E-state index contributed by atoms with van der Waals surface area (Å²) >= 11 is 0. The van der Waals surface area contributed by atoms with E-state index < -0.39 is 0 Å². The molecule has 2 aliphatic heterocycles. The molecule has 4 nitrogen and oxygen atoms in total. The largest absolute Gasteiger partial charge is 0.381 e. The first-order valence-corrected chi connectivity index (χ1v) is 7.47. The number of carbonyl (C=O) groups excluding carboxylic acids is 1. The van der Waals surface area contributed by atoms with Crippen molar-refractivity contribution in [3.05, 3.63) is 35.9 Å². The van der Waals surface area contributed by atoms with Crippen molar-refractivity contribution in [2.24, 2.45) is 5.41 Å². The lowest BCUT2D eigenvalue weighted by Crippen LogP contribution is -2.58. The van der Waals surface area contributed by atoms with Crippen LogP contribution in [-0.2, 0) is 4.74 Å². The average molecular weight is 282 g/mol. The van der Waals surface area contributed by atoms with Crippen molar-refractivity contribution in [1.29, 1.82) is 0 Å². The summed E-state index contributed by atoms with van der Waals surface area (Å²) in [6.07, 6.45) is 3.21. The van der Waals surface area contributed by atoms with Crippen LogP contribution in [0.2, 0.25) is 0 Å². The van der Waals surface area contributed by atoms with Crippen LogP contribution < -0.4 is 4.90 Å². The lowest BCUT2D eigenvalue weighted by molar-refractivity contribution is -0.000435. The van der Waals surface area contributed by atoms with Crippen LogP contribution in [0, 0.1) is 5.41 Å². The molecule has 3 heterocycles. The van der Waals surface area contributed by atoms with Crippen LogP contribution in [0.25, 0.3) is 10.9 Å². The summed E-state index contributed by atoms with van der Waals surface area (Å²) in [6.45, 7) is 3.96. The van der Waals surface area contributed by atoms with Crippen LogP contribution in [0.5, 0.6) is 0 Å². The number of fused-ring (bicyclic) bond motifs is 1. The van der Waals surface area contributed by atoms with Gasteiger partial charge in [0.1, 0.15) is 12.1 Å². The summed E-state index contributed by atoms with van der Waals surface area (Å²) in [5, 5.41) is 1.02. The maximum Gasteiger partial charge on any atom is 0.150 e. The smallest absolute Gasteiger partial charge is 0.150 e. The van der Waals surface area contributed by atoms with Crippen molar-refractivity contribution in [1.82, 2.24) is 4.98 Å². The normalized spacial score (nSPS) is 20.5. The molecule has 0 atom stereocenters. The first-order chi connectivity index (χ1) is 10.3. The van der Waals surface area contributed by atoms with E-state index >= 15 is 0 Å². The minimum absolute atomic E-state index is 0.455. The molecule has 4 rings (SSSR count). The Balaban J connectivity index is 1.56. The maximum absolute atomic E-state index is 10.8. The topological polar surface area (TPSA) is 42.4 Å². The molecular formula is C17H18N2O2. The van der Waals surface area contributed by atoms with Crippen LogP contribution in [0.15, 0.2) is 30.3 Å². The van der Waals surface area contributed by atoms with Gasteiger partial charge in [-0.15, -0.1) is 0 Å². The van der Waals surface area contributed by atoms with E-state index in [1.165, 1.54) is 12.8 Å². The van der Waals surface area contributed by atoms with Crippen LogP contribution in [0.3, 0.4) is 0 Å². The van der Waals surface area contributed by atoms with Crippen molar-refractivity contribution < 1.29 is 9.53 Å². The standard InChI is InChI=1S/C17H18N2O2/c20-10-13-1-3-15-14(9-13)2-4-16(18-15)19-11-17(12-19)5-7-21-8-6-17/h1-4,9-10H,5-8,11-12H2. The fourth-order valence-corrected chi connectivity index (χ4v) is 3.43. The molecule has 0 amide bonds. The molecule has 21 heavy (non-hydrogen) atoms. The lowest BCUT2D eigenvalue weighted by Gasteiger charge is -2.52. The van der Waals surface area contributed by atoms with Crippen LogP contribution in [-0.4, -0.2) is 37.6 Å². The Labute approximate surface area is 123 Å². The summed E-state index contributed by atoms with van der Waals surface area (Å²) in [6, 6.07) is 9.74. The van der Waals surface area contributed by atoms with E-state index in [2.05, 4.69) is 17.0 Å². The Bertz CT molecular complexity index is 684. The summed E-state index contributed by atoms with van der Waals surface area (Å²) in [5.74, 6) is 1.04. The van der Waals surface area contributed by atoms with Crippen molar-refractivity contribution in [3.8, 4) is 0 Å². The minimum atomic E-state index is 0.455. The highest BCUT2D eigenvalue weighted by Gasteiger charge is 2.44. The molecule has 2 aliphatic rings. The first kappa shape index (κ1) is 12.8. The number of aromatic nitrogens is 1. The summed E-state index contributed by atoms with van der Waals surface area (Å²) in [7, 11) is 0. The number of benzene rings is 1. The molecule has 0 unspecified atom stereocenters. The fraction of sp³-hybridized carbons (Fsp3) is 0.412. The van der Waals surface area contributed by atoms with E-state index in [0.717, 1.165) is 49.3 Å². The molecule has 4 heteroatoms. The molecule has 0 saturated carbocycles. The number of pyridine rings is 1. The third kappa shape index (κ3) is 2.20. The Kier molecular flexibility index (Phi) is 2.93. The van der Waals surface area contributed by atoms with Gasteiger partial charge in [-0.05, 0) is 43.2 Å². The molecule has 108 valence electrons. The van der Waals surface area contributed by atoms with Gasteiger partial charge in [0, 0.05) is 42.7 Å². The molecule has 0 aliphatic carbocycles. The number of ether oxygens (including phenoxy) is 1. The van der Waals surface area contributed by atoms with E-state index in [0.29, 0.717) is 11.0 Å². The van der Waals surface area contributed by atoms with Gasteiger partial charge in [-0.25, -0.2) is 4.98 Å². The second kappa shape index (κ2) is 4.81. The van der Waals surface area contributed by atoms with E-state index in [1.807, 2.05) is 18.2 Å². The number of hydrogen-bond donors (Lipinski definition) is 0. The second-order valence-electron chi connectivity index (χ2n) is 6.21. The van der Waals surface area contributed by atoms with Gasteiger partial charge in [0.25, 0.3) is 0 Å². The Hall–Kier alpha value is -1.94. The van der Waals surface area contributed by atoms with E-state index in [1.54, 1.807) is 0 Å². The van der Waals surface area contributed by atoms with E-state index in [-0.39, 0.29) is 0 Å². The quantitative estimate of drug-likeness (QED) is 0.794. The molecule has 1 spiro atoms. The molecule has 1 aromatic heterocycles. The van der Waals surface area contributed by atoms with Gasteiger partial charge >= 0.3 is 0 Å². The average Bonchev–Trinajstić information content (AvgIpc) is 2.52. The Morgan fingerprint density at radius 1 is 1.14 bits per heavy atom. The summed E-state index contributed by atoms with van der Waals surface area (Å²) in [4.78, 5) is 17.9. The second-order valence-corrected chi connectivity index (χ2v) is 6.21. The van der Waals surface area contributed by atoms with Crippen LogP contribution in [0.4, 0.5) is 5.82 Å². The Morgan fingerprint density at radius 2 is 1.95 bits per heavy atom. The van der Waals surface area contributed by atoms with E-state index in [4.69, 9.17) is 9.72 Å². The van der Waals surface area contributed by atoms with Gasteiger partial charge in [-0.1, -0.05) is 0 Å². The van der Waals surface area contributed by atoms with Crippen molar-refractivity contribution in [3.63, 3.8) is 0 Å².